The predicted octanol–water partition coefficient (Wildman–Crippen LogP) is 0.721. The van der Waals surface area contributed by atoms with Crippen molar-refractivity contribution in [2.24, 2.45) is 17.1 Å². The number of carbonyl (C=O) groups is 1. The van der Waals surface area contributed by atoms with Crippen LogP contribution < -0.4 is 5.73 Å². The van der Waals surface area contributed by atoms with Gasteiger partial charge in [-0.1, -0.05) is 0 Å². The molecule has 1 aliphatic carbocycles. The molecule has 1 atom stereocenters. The van der Waals surface area contributed by atoms with E-state index >= 15 is 0 Å². The third-order valence-corrected chi connectivity index (χ3v) is 3.53. The van der Waals surface area contributed by atoms with E-state index in [-0.39, 0.29) is 5.41 Å². The molecule has 1 heterocycles. The molecule has 0 aromatic heterocycles. The van der Waals surface area contributed by atoms with E-state index in [1.165, 1.54) is 6.42 Å². The number of hydrogen-bond acceptors (Lipinski definition) is 3. The van der Waals surface area contributed by atoms with E-state index in [1.807, 2.05) is 0 Å². The van der Waals surface area contributed by atoms with Gasteiger partial charge < -0.3 is 10.5 Å². The predicted molar refractivity (Wildman–Crippen MR) is 49.3 cm³/mol. The normalized spacial score (nSPS) is 32.7. The summed E-state index contributed by atoms with van der Waals surface area (Å²) in [5, 5.41) is 0. The third-order valence-electron chi connectivity index (χ3n) is 3.53. The lowest BCUT2D eigenvalue weighted by Gasteiger charge is -2.47. The van der Waals surface area contributed by atoms with E-state index in [4.69, 9.17) is 10.5 Å². The minimum absolute atomic E-state index is 0.109. The first-order valence-corrected chi connectivity index (χ1v) is 5.06. The average Bonchev–Trinajstić information content (AvgIpc) is 2.14. The molecule has 0 radical (unpaired) electrons. The average molecular weight is 183 g/mol. The molecule has 2 N–H and O–H groups in total. The number of ether oxygens (including phenoxy) is 1. The maximum Gasteiger partial charge on any atom is 0.134 e. The van der Waals surface area contributed by atoms with Gasteiger partial charge in [0.05, 0.1) is 0 Å². The molecule has 1 aliphatic heterocycles. The fraction of sp³-hybridized carbons (Fsp3) is 0.900. The molecule has 1 saturated heterocycles. The fourth-order valence-corrected chi connectivity index (χ4v) is 2.56. The van der Waals surface area contributed by atoms with E-state index in [9.17, 15) is 4.79 Å². The Morgan fingerprint density at radius 1 is 1.54 bits per heavy atom. The Balaban J connectivity index is 1.99. The van der Waals surface area contributed by atoms with Gasteiger partial charge in [0.1, 0.15) is 5.78 Å². The van der Waals surface area contributed by atoms with Crippen LogP contribution in [0, 0.1) is 11.3 Å². The van der Waals surface area contributed by atoms with Gasteiger partial charge in [0.15, 0.2) is 0 Å². The van der Waals surface area contributed by atoms with Gasteiger partial charge in [-0.15, -0.1) is 0 Å². The van der Waals surface area contributed by atoms with E-state index in [1.54, 1.807) is 0 Å². The zero-order valence-electron chi connectivity index (χ0n) is 7.92. The van der Waals surface area contributed by atoms with Crippen LogP contribution in [0.2, 0.25) is 0 Å². The van der Waals surface area contributed by atoms with Gasteiger partial charge in [0, 0.05) is 31.5 Å². The topological polar surface area (TPSA) is 52.3 Å². The van der Waals surface area contributed by atoms with Crippen LogP contribution in [0.3, 0.4) is 0 Å². The Labute approximate surface area is 78.6 Å². The molecule has 0 aromatic rings. The summed E-state index contributed by atoms with van der Waals surface area (Å²) in [5.74, 6) is 0.903. The lowest BCUT2D eigenvalue weighted by Crippen LogP contribution is -2.51. The molecular formula is C10H17NO2. The lowest BCUT2D eigenvalue weighted by molar-refractivity contribution is -0.139. The highest BCUT2D eigenvalue weighted by Gasteiger charge is 2.48. The third kappa shape index (κ3) is 1.51. The molecule has 2 aliphatic rings. The molecule has 0 amide bonds. The van der Waals surface area contributed by atoms with E-state index in [2.05, 4.69) is 0 Å². The first kappa shape index (κ1) is 9.16. The van der Waals surface area contributed by atoms with Crippen LogP contribution >= 0.6 is 0 Å². The largest absolute Gasteiger partial charge is 0.381 e. The lowest BCUT2D eigenvalue weighted by atomic mass is 9.59. The van der Waals surface area contributed by atoms with Gasteiger partial charge in [0.2, 0.25) is 0 Å². The maximum atomic E-state index is 11.0. The summed E-state index contributed by atoms with van der Waals surface area (Å²) in [6.45, 7) is 2.34. The first-order valence-electron chi connectivity index (χ1n) is 5.06. The van der Waals surface area contributed by atoms with Gasteiger partial charge in [-0.25, -0.2) is 0 Å². The van der Waals surface area contributed by atoms with Crippen LogP contribution in [0.5, 0.6) is 0 Å². The zero-order valence-corrected chi connectivity index (χ0v) is 7.92. The molecule has 13 heavy (non-hydrogen) atoms. The second-order valence-electron chi connectivity index (χ2n) is 4.37. The quantitative estimate of drug-likeness (QED) is 0.686. The van der Waals surface area contributed by atoms with Crippen molar-refractivity contribution in [2.45, 2.75) is 25.7 Å². The van der Waals surface area contributed by atoms with E-state index < -0.39 is 0 Å². The van der Waals surface area contributed by atoms with Gasteiger partial charge in [0.25, 0.3) is 0 Å². The molecular weight excluding hydrogens is 166 g/mol. The summed E-state index contributed by atoms with van der Waals surface area (Å²) >= 11 is 0. The zero-order chi connectivity index (χ0) is 9.31. The van der Waals surface area contributed by atoms with Crippen molar-refractivity contribution in [3.8, 4) is 0 Å². The van der Waals surface area contributed by atoms with Crippen molar-refractivity contribution in [3.05, 3.63) is 0 Å². The first-order chi connectivity index (χ1) is 6.27. The number of carbonyl (C=O) groups excluding carboxylic acids is 1. The Hall–Kier alpha value is -0.410. The highest BCUT2D eigenvalue weighted by atomic mass is 16.5. The molecule has 3 heteroatoms. The summed E-state index contributed by atoms with van der Waals surface area (Å²) in [6.07, 6.45) is 3.69. The van der Waals surface area contributed by atoms with Crippen LogP contribution in [0.1, 0.15) is 25.7 Å². The van der Waals surface area contributed by atoms with Gasteiger partial charge in [-0.05, 0) is 25.3 Å². The van der Waals surface area contributed by atoms with Crippen molar-refractivity contribution < 1.29 is 9.53 Å². The second kappa shape index (κ2) is 3.39. The standard InChI is InChI=1S/C10H17NO2/c11-7-10(4-9(12)5-10)8-2-1-3-13-6-8/h8H,1-7,11H2. The highest BCUT2D eigenvalue weighted by molar-refractivity contribution is 5.86. The number of Topliss-reactive ketones (excluding diaryl/α,β-unsaturated/α-hetero) is 1. The Morgan fingerprint density at radius 2 is 2.31 bits per heavy atom. The molecule has 74 valence electrons. The SMILES string of the molecule is NCC1(C2CCCOC2)CC(=O)C1. The summed E-state index contributed by atoms with van der Waals surface area (Å²) in [6, 6.07) is 0. The van der Waals surface area contributed by atoms with Crippen molar-refractivity contribution in [1.29, 1.82) is 0 Å². The second-order valence-corrected chi connectivity index (χ2v) is 4.37. The van der Waals surface area contributed by atoms with Crippen LogP contribution in [0.25, 0.3) is 0 Å². The van der Waals surface area contributed by atoms with Crippen LogP contribution in [0.4, 0.5) is 0 Å². The smallest absolute Gasteiger partial charge is 0.134 e. The van der Waals surface area contributed by atoms with Gasteiger partial charge >= 0.3 is 0 Å². The number of nitrogens with two attached hydrogens (primary N) is 1. The van der Waals surface area contributed by atoms with Gasteiger partial charge in [-0.3, -0.25) is 4.79 Å². The molecule has 3 nitrogen and oxygen atoms in total. The summed E-state index contributed by atoms with van der Waals surface area (Å²) in [7, 11) is 0. The Kier molecular flexibility index (Phi) is 2.39. The molecule has 0 spiro atoms. The van der Waals surface area contributed by atoms with Crippen LogP contribution in [-0.2, 0) is 9.53 Å². The number of ketones is 1. The van der Waals surface area contributed by atoms with Crippen LogP contribution in [0.15, 0.2) is 0 Å². The molecule has 1 unspecified atom stereocenters. The summed E-state index contributed by atoms with van der Waals surface area (Å²) < 4.78 is 5.43. The molecule has 1 saturated carbocycles. The highest BCUT2D eigenvalue weighted by Crippen LogP contribution is 2.46. The Bertz CT molecular complexity index is 201. The summed E-state index contributed by atoms with van der Waals surface area (Å²) in [5.41, 5.74) is 5.86. The number of rotatable bonds is 2. The minimum atomic E-state index is 0.109. The van der Waals surface area contributed by atoms with Crippen molar-refractivity contribution >= 4 is 5.78 Å². The van der Waals surface area contributed by atoms with E-state index in [0.29, 0.717) is 31.1 Å². The van der Waals surface area contributed by atoms with Gasteiger partial charge in [-0.2, -0.15) is 0 Å². The molecule has 0 bridgehead atoms. The van der Waals surface area contributed by atoms with E-state index in [0.717, 1.165) is 19.6 Å². The van der Waals surface area contributed by atoms with Crippen molar-refractivity contribution in [1.82, 2.24) is 0 Å². The van der Waals surface area contributed by atoms with Crippen LogP contribution in [-0.4, -0.2) is 25.5 Å². The minimum Gasteiger partial charge on any atom is -0.381 e. The molecule has 2 rings (SSSR count). The van der Waals surface area contributed by atoms with Crippen molar-refractivity contribution in [3.63, 3.8) is 0 Å². The Morgan fingerprint density at radius 3 is 2.77 bits per heavy atom. The number of hydrogen-bond donors (Lipinski definition) is 1. The molecule has 2 fully saturated rings. The summed E-state index contributed by atoms with van der Waals surface area (Å²) in [4.78, 5) is 11.0. The fourth-order valence-electron chi connectivity index (χ4n) is 2.56. The monoisotopic (exact) mass is 183 g/mol. The maximum absolute atomic E-state index is 11.0. The molecule has 0 aromatic carbocycles. The van der Waals surface area contributed by atoms with Crippen molar-refractivity contribution in [2.75, 3.05) is 19.8 Å².